The van der Waals surface area contributed by atoms with Gasteiger partial charge in [-0.1, -0.05) is 30.3 Å². The van der Waals surface area contributed by atoms with Crippen molar-refractivity contribution in [2.24, 2.45) is 11.8 Å². The van der Waals surface area contributed by atoms with Gasteiger partial charge in [-0.3, -0.25) is 9.80 Å². The SMILES string of the molecule is CC(C)(C)OC(=O)N1CCN(CC2CCC(CN3CCN(C(=O)OCc4ccccc4)CC3)CC2)CC1. The van der Waals surface area contributed by atoms with Gasteiger partial charge in [0, 0.05) is 65.4 Å². The zero-order valence-electron chi connectivity index (χ0n) is 23.1. The maximum absolute atomic E-state index is 12.4. The number of ether oxygens (including phenoxy) is 2. The van der Waals surface area contributed by atoms with Crippen LogP contribution in [0.4, 0.5) is 9.59 Å². The third kappa shape index (κ3) is 8.88. The summed E-state index contributed by atoms with van der Waals surface area (Å²) in [4.78, 5) is 33.5. The van der Waals surface area contributed by atoms with Crippen molar-refractivity contribution in [2.75, 3.05) is 65.4 Å². The molecule has 2 heterocycles. The number of hydrogen-bond acceptors (Lipinski definition) is 6. The minimum atomic E-state index is -0.436. The van der Waals surface area contributed by atoms with Crippen LogP contribution in [-0.2, 0) is 16.1 Å². The molecule has 1 saturated carbocycles. The fraction of sp³-hybridized carbons (Fsp3) is 0.724. The molecule has 3 aliphatic rings. The number of piperazine rings is 2. The van der Waals surface area contributed by atoms with E-state index in [1.54, 1.807) is 0 Å². The van der Waals surface area contributed by atoms with Crippen molar-refractivity contribution in [2.45, 2.75) is 58.7 Å². The smallest absolute Gasteiger partial charge is 0.410 e. The third-order valence-corrected chi connectivity index (χ3v) is 7.86. The minimum Gasteiger partial charge on any atom is -0.445 e. The molecule has 0 unspecified atom stereocenters. The Balaban J connectivity index is 1.08. The monoisotopic (exact) mass is 514 g/mol. The summed E-state index contributed by atoms with van der Waals surface area (Å²) < 4.78 is 11.0. The average Bonchev–Trinajstić information content (AvgIpc) is 2.89. The molecule has 2 saturated heterocycles. The molecule has 2 aliphatic heterocycles. The molecule has 2 amide bonds. The summed E-state index contributed by atoms with van der Waals surface area (Å²) in [6, 6.07) is 9.85. The Kier molecular flexibility index (Phi) is 9.71. The third-order valence-electron chi connectivity index (χ3n) is 7.86. The van der Waals surface area contributed by atoms with Crippen molar-refractivity contribution < 1.29 is 19.1 Å². The van der Waals surface area contributed by atoms with Gasteiger partial charge < -0.3 is 19.3 Å². The van der Waals surface area contributed by atoms with Crippen molar-refractivity contribution >= 4 is 12.2 Å². The Morgan fingerprint density at radius 1 is 0.730 bits per heavy atom. The largest absolute Gasteiger partial charge is 0.445 e. The summed E-state index contributed by atoms with van der Waals surface area (Å²) in [5.74, 6) is 1.53. The lowest BCUT2D eigenvalue weighted by atomic mass is 9.81. The van der Waals surface area contributed by atoms with E-state index in [4.69, 9.17) is 9.47 Å². The van der Waals surface area contributed by atoms with Gasteiger partial charge in [-0.15, -0.1) is 0 Å². The molecular weight excluding hydrogens is 468 g/mol. The van der Waals surface area contributed by atoms with E-state index in [0.29, 0.717) is 6.61 Å². The lowest BCUT2D eigenvalue weighted by molar-refractivity contribution is 0.0123. The van der Waals surface area contributed by atoms with Crippen molar-refractivity contribution in [3.8, 4) is 0 Å². The van der Waals surface area contributed by atoms with Crippen LogP contribution in [0.3, 0.4) is 0 Å². The van der Waals surface area contributed by atoms with Gasteiger partial charge in [-0.2, -0.15) is 0 Å². The number of carbonyl (C=O) groups is 2. The van der Waals surface area contributed by atoms with Gasteiger partial charge in [-0.05, 0) is 63.9 Å². The molecule has 1 aliphatic carbocycles. The summed E-state index contributed by atoms with van der Waals surface area (Å²) in [6.07, 6.45) is 4.79. The lowest BCUT2D eigenvalue weighted by Gasteiger charge is -2.40. The molecule has 3 fully saturated rings. The Hall–Kier alpha value is -2.32. The van der Waals surface area contributed by atoms with Crippen molar-refractivity contribution in [3.05, 3.63) is 35.9 Å². The predicted octanol–water partition coefficient (Wildman–Crippen LogP) is 4.30. The quantitative estimate of drug-likeness (QED) is 0.564. The first-order valence-corrected chi connectivity index (χ1v) is 14.1. The van der Waals surface area contributed by atoms with E-state index in [1.807, 2.05) is 60.9 Å². The molecule has 0 N–H and O–H groups in total. The summed E-state index contributed by atoms with van der Waals surface area (Å²) in [6.45, 7) is 15.2. The molecule has 0 spiro atoms. The molecule has 37 heavy (non-hydrogen) atoms. The maximum Gasteiger partial charge on any atom is 0.410 e. The van der Waals surface area contributed by atoms with Crippen LogP contribution >= 0.6 is 0 Å². The first kappa shape index (κ1) is 27.7. The highest BCUT2D eigenvalue weighted by atomic mass is 16.6. The highest BCUT2D eigenvalue weighted by Gasteiger charge is 2.30. The highest BCUT2D eigenvalue weighted by molar-refractivity contribution is 5.68. The summed E-state index contributed by atoms with van der Waals surface area (Å²) in [7, 11) is 0. The fourth-order valence-electron chi connectivity index (χ4n) is 5.69. The fourth-order valence-corrected chi connectivity index (χ4v) is 5.69. The van der Waals surface area contributed by atoms with Crippen LogP contribution < -0.4 is 0 Å². The van der Waals surface area contributed by atoms with Crippen LogP contribution in [0.25, 0.3) is 0 Å². The zero-order valence-corrected chi connectivity index (χ0v) is 23.1. The molecule has 206 valence electrons. The van der Waals surface area contributed by atoms with Crippen LogP contribution in [0.2, 0.25) is 0 Å². The van der Waals surface area contributed by atoms with Gasteiger partial charge in [0.25, 0.3) is 0 Å². The topological polar surface area (TPSA) is 65.6 Å². The second-order valence-corrected chi connectivity index (χ2v) is 12.0. The highest BCUT2D eigenvalue weighted by Crippen LogP contribution is 2.30. The number of amides is 2. The lowest BCUT2D eigenvalue weighted by Crippen LogP contribution is -2.51. The van der Waals surface area contributed by atoms with E-state index < -0.39 is 5.60 Å². The van der Waals surface area contributed by atoms with E-state index >= 15 is 0 Å². The van der Waals surface area contributed by atoms with Gasteiger partial charge in [0.05, 0.1) is 0 Å². The second kappa shape index (κ2) is 13.0. The van der Waals surface area contributed by atoms with Crippen LogP contribution in [0.5, 0.6) is 0 Å². The standard InChI is InChI=1S/C29H46N4O4/c1-29(2,3)37-28(35)33-19-15-31(16-20-33)22-25-11-9-24(10-12-25)21-30-13-17-32(18-14-30)27(34)36-23-26-7-5-4-6-8-26/h4-8,24-25H,9-23H2,1-3H3. The summed E-state index contributed by atoms with van der Waals surface area (Å²) in [5, 5.41) is 0. The van der Waals surface area contributed by atoms with E-state index in [1.165, 1.54) is 25.7 Å². The Labute approximate surface area is 222 Å². The molecular formula is C29H46N4O4. The van der Waals surface area contributed by atoms with Crippen LogP contribution in [0.1, 0.15) is 52.0 Å². The number of nitrogens with zero attached hydrogens (tertiary/aromatic N) is 4. The Morgan fingerprint density at radius 2 is 1.19 bits per heavy atom. The van der Waals surface area contributed by atoms with Gasteiger partial charge in [0.2, 0.25) is 0 Å². The normalized spacial score (nSPS) is 24.1. The zero-order chi connectivity index (χ0) is 26.3. The van der Waals surface area contributed by atoms with E-state index in [-0.39, 0.29) is 12.2 Å². The molecule has 0 atom stereocenters. The first-order valence-electron chi connectivity index (χ1n) is 14.1. The molecule has 1 aromatic carbocycles. The van der Waals surface area contributed by atoms with Gasteiger partial charge in [0.1, 0.15) is 12.2 Å². The Bertz CT molecular complexity index is 850. The molecule has 1 aromatic rings. The van der Waals surface area contributed by atoms with Gasteiger partial charge in [-0.25, -0.2) is 9.59 Å². The summed E-state index contributed by atoms with van der Waals surface area (Å²) in [5.41, 5.74) is 0.586. The molecule has 0 radical (unpaired) electrons. The van der Waals surface area contributed by atoms with Gasteiger partial charge >= 0.3 is 12.2 Å². The van der Waals surface area contributed by atoms with Crippen molar-refractivity contribution in [1.82, 2.24) is 19.6 Å². The van der Waals surface area contributed by atoms with E-state index in [0.717, 1.165) is 82.8 Å². The predicted molar refractivity (Wildman–Crippen MR) is 144 cm³/mol. The van der Waals surface area contributed by atoms with Crippen LogP contribution in [0, 0.1) is 11.8 Å². The van der Waals surface area contributed by atoms with Crippen LogP contribution in [0.15, 0.2) is 30.3 Å². The van der Waals surface area contributed by atoms with Crippen LogP contribution in [-0.4, -0.2) is 103 Å². The number of carbonyl (C=O) groups excluding carboxylic acids is 2. The summed E-state index contributed by atoms with van der Waals surface area (Å²) >= 11 is 0. The second-order valence-electron chi connectivity index (χ2n) is 12.0. The minimum absolute atomic E-state index is 0.183. The Morgan fingerprint density at radius 3 is 1.65 bits per heavy atom. The maximum atomic E-state index is 12.4. The first-order chi connectivity index (χ1) is 17.7. The number of hydrogen-bond donors (Lipinski definition) is 0. The number of rotatable bonds is 6. The number of benzene rings is 1. The molecule has 8 nitrogen and oxygen atoms in total. The molecule has 0 aromatic heterocycles. The molecule has 0 bridgehead atoms. The van der Waals surface area contributed by atoms with E-state index in [2.05, 4.69) is 9.80 Å². The van der Waals surface area contributed by atoms with E-state index in [9.17, 15) is 9.59 Å². The average molecular weight is 515 g/mol. The molecule has 4 rings (SSSR count). The van der Waals surface area contributed by atoms with Gasteiger partial charge in [0.15, 0.2) is 0 Å². The molecule has 8 heteroatoms. The van der Waals surface area contributed by atoms with Crippen molar-refractivity contribution in [1.29, 1.82) is 0 Å². The van der Waals surface area contributed by atoms with Crippen molar-refractivity contribution in [3.63, 3.8) is 0 Å².